The number of esters is 2. The summed E-state index contributed by atoms with van der Waals surface area (Å²) in [6.45, 7) is 4.29. The highest BCUT2D eigenvalue weighted by atomic mass is 31.2. The molecular weight excluding hydrogens is 1060 g/mol. The number of phosphoric ester groups is 1. The van der Waals surface area contributed by atoms with Gasteiger partial charge in [-0.2, -0.15) is 0 Å². The summed E-state index contributed by atoms with van der Waals surface area (Å²) >= 11 is 0. The number of hydrogen-bond donors (Lipinski definition) is 0. The molecule has 0 saturated carbocycles. The van der Waals surface area contributed by atoms with Gasteiger partial charge in [0.15, 0.2) is 6.10 Å². The summed E-state index contributed by atoms with van der Waals surface area (Å²) in [5, 5.41) is 0. The van der Waals surface area contributed by atoms with Crippen LogP contribution in [0.15, 0.2) is 36.5 Å². The Morgan fingerprint density at radius 3 is 0.952 bits per heavy atom. The minimum Gasteiger partial charge on any atom is -0.756 e. The molecule has 0 aliphatic heterocycles. The van der Waals surface area contributed by atoms with E-state index in [0.29, 0.717) is 17.4 Å². The molecular formula is C74H142NO8P. The average Bonchev–Trinajstić information content (AvgIpc) is 3.60. The molecule has 496 valence electrons. The van der Waals surface area contributed by atoms with Crippen LogP contribution in [0.4, 0.5) is 0 Å². The molecule has 0 aliphatic rings. The third-order valence-corrected chi connectivity index (χ3v) is 17.6. The van der Waals surface area contributed by atoms with Gasteiger partial charge in [-0.25, -0.2) is 0 Å². The van der Waals surface area contributed by atoms with Gasteiger partial charge < -0.3 is 27.9 Å². The Bertz CT molecular complexity index is 1510. The highest BCUT2D eigenvalue weighted by molar-refractivity contribution is 7.45. The normalized spacial score (nSPS) is 13.3. The van der Waals surface area contributed by atoms with Crippen molar-refractivity contribution in [2.45, 2.75) is 380 Å². The van der Waals surface area contributed by atoms with E-state index >= 15 is 0 Å². The van der Waals surface area contributed by atoms with E-state index in [1.165, 1.54) is 283 Å². The molecule has 0 aromatic rings. The van der Waals surface area contributed by atoms with E-state index in [4.69, 9.17) is 18.5 Å². The zero-order valence-electron chi connectivity index (χ0n) is 56.6. The lowest BCUT2D eigenvalue weighted by Gasteiger charge is -2.28. The van der Waals surface area contributed by atoms with Gasteiger partial charge in [0, 0.05) is 12.8 Å². The number of phosphoric acid groups is 1. The Kier molecular flexibility index (Phi) is 64.3. The van der Waals surface area contributed by atoms with Crippen LogP contribution in [0.25, 0.3) is 0 Å². The first-order chi connectivity index (χ1) is 41.0. The smallest absolute Gasteiger partial charge is 0.306 e. The quantitative estimate of drug-likeness (QED) is 0.0195. The number of unbranched alkanes of at least 4 members (excludes halogenated alkanes) is 49. The number of carbonyl (C=O) groups is 2. The van der Waals surface area contributed by atoms with Crippen molar-refractivity contribution < 1.29 is 42.1 Å². The van der Waals surface area contributed by atoms with E-state index in [1.807, 2.05) is 21.1 Å². The minimum absolute atomic E-state index is 0.0299. The van der Waals surface area contributed by atoms with E-state index in [1.54, 1.807) is 0 Å². The van der Waals surface area contributed by atoms with Crippen LogP contribution in [0.3, 0.4) is 0 Å². The van der Waals surface area contributed by atoms with Crippen LogP contribution in [-0.2, 0) is 32.7 Å². The van der Waals surface area contributed by atoms with E-state index in [0.717, 1.165) is 57.8 Å². The molecule has 9 nitrogen and oxygen atoms in total. The van der Waals surface area contributed by atoms with E-state index in [2.05, 4.69) is 50.3 Å². The Labute approximate surface area is 522 Å². The van der Waals surface area contributed by atoms with Crippen molar-refractivity contribution >= 4 is 19.8 Å². The number of carbonyl (C=O) groups excluding carboxylic acids is 2. The first kappa shape index (κ1) is 82.2. The molecule has 0 spiro atoms. The maximum atomic E-state index is 12.9. The summed E-state index contributed by atoms with van der Waals surface area (Å²) in [6.07, 6.45) is 83.9. The lowest BCUT2D eigenvalue weighted by atomic mass is 10.0. The second kappa shape index (κ2) is 65.7. The Morgan fingerprint density at radius 2 is 0.643 bits per heavy atom. The fraction of sp³-hybridized carbons (Fsp3) is 0.892. The average molecular weight is 1200 g/mol. The van der Waals surface area contributed by atoms with Gasteiger partial charge in [0.2, 0.25) is 0 Å². The van der Waals surface area contributed by atoms with Gasteiger partial charge >= 0.3 is 11.9 Å². The fourth-order valence-corrected chi connectivity index (χ4v) is 11.8. The molecule has 0 saturated heterocycles. The molecule has 0 heterocycles. The SMILES string of the molecule is CCCCCCC/C=C\C/C=C\C/C=C\CCCCCCCCCCCCC(=O)OC(COC(=O)CCCCCCCCCCCCCCCCCCCCCCCCCCCCCCCCCCCCC)COP(=O)([O-])OCC[N+](C)(C)C. The number of nitrogens with zero attached hydrogens (tertiary/aromatic N) is 1. The van der Waals surface area contributed by atoms with Crippen LogP contribution >= 0.6 is 7.82 Å². The van der Waals surface area contributed by atoms with E-state index in [-0.39, 0.29) is 32.0 Å². The molecule has 0 aromatic heterocycles. The first-order valence-corrected chi connectivity index (χ1v) is 38.2. The zero-order chi connectivity index (χ0) is 61.2. The monoisotopic (exact) mass is 1200 g/mol. The van der Waals surface area contributed by atoms with E-state index in [9.17, 15) is 19.0 Å². The Morgan fingerprint density at radius 1 is 0.369 bits per heavy atom. The summed E-state index contributed by atoms with van der Waals surface area (Å²) in [6, 6.07) is 0. The van der Waals surface area contributed by atoms with Crippen LogP contribution in [0, 0.1) is 0 Å². The number of allylic oxidation sites excluding steroid dienone is 6. The molecule has 0 aromatic carbocycles. The third kappa shape index (κ3) is 69.3. The van der Waals surface area contributed by atoms with Crippen molar-refractivity contribution in [3.63, 3.8) is 0 Å². The number of rotatable bonds is 69. The van der Waals surface area contributed by atoms with Gasteiger partial charge in [-0.05, 0) is 51.4 Å². The van der Waals surface area contributed by atoms with Gasteiger partial charge in [0.1, 0.15) is 19.8 Å². The second-order valence-corrected chi connectivity index (χ2v) is 27.7. The summed E-state index contributed by atoms with van der Waals surface area (Å²) in [7, 11) is 1.18. The molecule has 0 amide bonds. The number of quaternary nitrogens is 1. The summed E-state index contributed by atoms with van der Waals surface area (Å²) in [5.74, 6) is -0.819. The van der Waals surface area contributed by atoms with Crippen LogP contribution in [0.2, 0.25) is 0 Å². The standard InChI is InChI=1S/C74H142NO8P/c1-6-8-10-12-14-16-18-20-22-24-26-28-30-32-33-34-35-36-37-38-39-40-41-43-44-46-48-50-52-54-56-58-60-62-64-66-73(76)80-70-72(71-82-84(78,79)81-69-68-75(3,4)5)83-74(77)67-65-63-61-59-57-55-53-51-49-47-45-42-31-29-27-25-23-21-19-17-15-13-11-9-7-2/h19,21,25,27,31,42,72H,6-18,20,22-24,26,28-30,32-41,43-71H2,1-5H3/b21-19-,27-25-,42-31-. The molecule has 0 N–H and O–H groups in total. The predicted octanol–water partition coefficient (Wildman–Crippen LogP) is 23.2. The van der Waals surface area contributed by atoms with Crippen molar-refractivity contribution in [1.29, 1.82) is 0 Å². The lowest BCUT2D eigenvalue weighted by Crippen LogP contribution is -2.37. The molecule has 84 heavy (non-hydrogen) atoms. The first-order valence-electron chi connectivity index (χ1n) is 36.7. The lowest BCUT2D eigenvalue weighted by molar-refractivity contribution is -0.870. The maximum Gasteiger partial charge on any atom is 0.306 e. The van der Waals surface area contributed by atoms with Crippen molar-refractivity contribution in [2.24, 2.45) is 0 Å². The molecule has 0 rings (SSSR count). The van der Waals surface area contributed by atoms with Crippen LogP contribution in [0.1, 0.15) is 373 Å². The third-order valence-electron chi connectivity index (χ3n) is 16.7. The molecule has 0 fully saturated rings. The van der Waals surface area contributed by atoms with Crippen LogP contribution < -0.4 is 4.89 Å². The highest BCUT2D eigenvalue weighted by Crippen LogP contribution is 2.38. The summed E-state index contributed by atoms with van der Waals surface area (Å²) < 4.78 is 34.3. The topological polar surface area (TPSA) is 111 Å². The Balaban J connectivity index is 3.95. The molecule has 0 aliphatic carbocycles. The zero-order valence-corrected chi connectivity index (χ0v) is 57.5. The molecule has 0 radical (unpaired) electrons. The van der Waals surface area contributed by atoms with Crippen LogP contribution in [0.5, 0.6) is 0 Å². The van der Waals surface area contributed by atoms with Crippen molar-refractivity contribution in [2.75, 3.05) is 47.5 Å². The number of hydrogen-bond acceptors (Lipinski definition) is 8. The number of ether oxygens (including phenoxy) is 2. The largest absolute Gasteiger partial charge is 0.756 e. The van der Waals surface area contributed by atoms with Gasteiger partial charge in [0.25, 0.3) is 7.82 Å². The van der Waals surface area contributed by atoms with Gasteiger partial charge in [0.05, 0.1) is 27.7 Å². The fourth-order valence-electron chi connectivity index (χ4n) is 11.0. The van der Waals surface area contributed by atoms with Gasteiger partial charge in [-0.3, -0.25) is 14.2 Å². The predicted molar refractivity (Wildman–Crippen MR) is 361 cm³/mol. The van der Waals surface area contributed by atoms with E-state index < -0.39 is 26.5 Å². The molecule has 2 unspecified atom stereocenters. The molecule has 10 heteroatoms. The second-order valence-electron chi connectivity index (χ2n) is 26.3. The van der Waals surface area contributed by atoms with Crippen molar-refractivity contribution in [3.8, 4) is 0 Å². The highest BCUT2D eigenvalue weighted by Gasteiger charge is 2.22. The molecule has 2 atom stereocenters. The van der Waals surface area contributed by atoms with Crippen LogP contribution in [-0.4, -0.2) is 70.0 Å². The van der Waals surface area contributed by atoms with Crippen molar-refractivity contribution in [1.82, 2.24) is 0 Å². The molecule has 0 bridgehead atoms. The minimum atomic E-state index is -4.64. The van der Waals surface area contributed by atoms with Gasteiger partial charge in [-0.1, -0.05) is 346 Å². The van der Waals surface area contributed by atoms with Crippen molar-refractivity contribution in [3.05, 3.63) is 36.5 Å². The summed E-state index contributed by atoms with van der Waals surface area (Å²) in [5.41, 5.74) is 0. The summed E-state index contributed by atoms with van der Waals surface area (Å²) in [4.78, 5) is 38.1. The Hall–Kier alpha value is -1.77. The number of likely N-dealkylation sites (N-methyl/N-ethyl adjacent to an activating group) is 1. The van der Waals surface area contributed by atoms with Gasteiger partial charge in [-0.15, -0.1) is 0 Å². The maximum absolute atomic E-state index is 12.9.